The van der Waals surface area contributed by atoms with Crippen LogP contribution in [0.25, 0.3) is 0 Å². The molecular weight excluding hydrogens is 222 g/mol. The summed E-state index contributed by atoms with van der Waals surface area (Å²) in [5.74, 6) is 0. The number of methoxy groups -OCH3 is 1. The van der Waals surface area contributed by atoms with Gasteiger partial charge in [-0.05, 0) is 37.8 Å². The summed E-state index contributed by atoms with van der Waals surface area (Å²) in [6.45, 7) is 5.00. The summed E-state index contributed by atoms with van der Waals surface area (Å²) in [4.78, 5) is 0. The fourth-order valence-corrected chi connectivity index (χ4v) is 3.22. The zero-order chi connectivity index (χ0) is 13.2. The highest BCUT2D eigenvalue weighted by molar-refractivity contribution is 5.39. The molecule has 18 heavy (non-hydrogen) atoms. The van der Waals surface area contributed by atoms with Crippen molar-refractivity contribution in [3.63, 3.8) is 0 Å². The van der Waals surface area contributed by atoms with E-state index in [2.05, 4.69) is 38.1 Å². The largest absolute Gasteiger partial charge is 0.374 e. The lowest BCUT2D eigenvalue weighted by atomic mass is 9.74. The molecule has 0 heterocycles. The Hall–Kier alpha value is -0.860. The number of benzene rings is 1. The summed E-state index contributed by atoms with van der Waals surface area (Å²) in [6, 6.07) is 8.65. The predicted octanol–water partition coefficient (Wildman–Crippen LogP) is 3.34. The minimum atomic E-state index is -0.249. The van der Waals surface area contributed by atoms with E-state index in [0.717, 1.165) is 6.54 Å². The van der Waals surface area contributed by atoms with Gasteiger partial charge in [0.2, 0.25) is 0 Å². The van der Waals surface area contributed by atoms with E-state index >= 15 is 0 Å². The van der Waals surface area contributed by atoms with Gasteiger partial charge in [-0.15, -0.1) is 0 Å². The maximum absolute atomic E-state index is 6.11. The molecule has 0 aromatic heterocycles. The van der Waals surface area contributed by atoms with Crippen LogP contribution in [0, 0.1) is 0 Å². The van der Waals surface area contributed by atoms with E-state index < -0.39 is 0 Å². The van der Waals surface area contributed by atoms with Crippen LogP contribution < -0.4 is 5.73 Å². The van der Waals surface area contributed by atoms with Gasteiger partial charge in [0.05, 0.1) is 5.60 Å². The number of ether oxygens (including phenoxy) is 1. The van der Waals surface area contributed by atoms with Crippen LogP contribution in [0.5, 0.6) is 0 Å². The average Bonchev–Trinajstić information content (AvgIpc) is 2.89. The Morgan fingerprint density at radius 3 is 2.39 bits per heavy atom. The Balaban J connectivity index is 2.51. The third-order valence-electron chi connectivity index (χ3n) is 4.61. The van der Waals surface area contributed by atoms with E-state index in [1.165, 1.54) is 36.8 Å². The second-order valence-corrected chi connectivity index (χ2v) is 5.95. The van der Waals surface area contributed by atoms with Gasteiger partial charge in [-0.2, -0.15) is 0 Å². The van der Waals surface area contributed by atoms with Gasteiger partial charge in [0.1, 0.15) is 0 Å². The molecule has 1 aromatic rings. The second-order valence-electron chi connectivity index (χ2n) is 5.95. The first kappa shape index (κ1) is 13.6. The summed E-state index contributed by atoms with van der Waals surface area (Å²) in [7, 11) is 1.78. The Morgan fingerprint density at radius 1 is 1.22 bits per heavy atom. The van der Waals surface area contributed by atoms with Crippen molar-refractivity contribution >= 4 is 0 Å². The van der Waals surface area contributed by atoms with E-state index in [9.17, 15) is 0 Å². The van der Waals surface area contributed by atoms with Crippen molar-refractivity contribution in [2.75, 3.05) is 13.7 Å². The van der Waals surface area contributed by atoms with Gasteiger partial charge >= 0.3 is 0 Å². The van der Waals surface area contributed by atoms with E-state index in [4.69, 9.17) is 10.5 Å². The summed E-state index contributed by atoms with van der Waals surface area (Å²) < 4.78 is 5.67. The Labute approximate surface area is 111 Å². The summed E-state index contributed by atoms with van der Waals surface area (Å²) in [5, 5.41) is 0. The molecule has 0 unspecified atom stereocenters. The third-order valence-corrected chi connectivity index (χ3v) is 4.61. The van der Waals surface area contributed by atoms with Crippen LogP contribution >= 0.6 is 0 Å². The topological polar surface area (TPSA) is 35.2 Å². The minimum absolute atomic E-state index is 0.173. The summed E-state index contributed by atoms with van der Waals surface area (Å²) >= 11 is 0. The maximum Gasteiger partial charge on any atom is 0.0874 e. The van der Waals surface area contributed by atoms with Gasteiger partial charge < -0.3 is 10.5 Å². The monoisotopic (exact) mass is 247 g/mol. The Kier molecular flexibility index (Phi) is 3.79. The molecule has 1 saturated carbocycles. The predicted molar refractivity (Wildman–Crippen MR) is 75.7 cm³/mol. The average molecular weight is 247 g/mol. The first-order valence-electron chi connectivity index (χ1n) is 6.91. The van der Waals surface area contributed by atoms with Gasteiger partial charge in [-0.1, -0.05) is 37.1 Å². The molecule has 0 atom stereocenters. The van der Waals surface area contributed by atoms with Crippen molar-refractivity contribution in [2.45, 2.75) is 50.5 Å². The molecule has 2 rings (SSSR count). The molecule has 2 N–H and O–H groups in total. The number of hydrogen-bond donors (Lipinski definition) is 1. The van der Waals surface area contributed by atoms with Crippen LogP contribution in [0.15, 0.2) is 24.3 Å². The maximum atomic E-state index is 6.11. The molecule has 1 aromatic carbocycles. The fraction of sp³-hybridized carbons (Fsp3) is 0.625. The van der Waals surface area contributed by atoms with E-state index in [1.54, 1.807) is 7.11 Å². The molecule has 1 aliphatic carbocycles. The zero-order valence-electron chi connectivity index (χ0n) is 11.8. The van der Waals surface area contributed by atoms with Gasteiger partial charge in [-0.25, -0.2) is 0 Å². The molecule has 1 fully saturated rings. The molecule has 100 valence electrons. The highest BCUT2D eigenvalue weighted by atomic mass is 16.5. The van der Waals surface area contributed by atoms with E-state index in [-0.39, 0.29) is 11.0 Å². The molecule has 0 bridgehead atoms. The van der Waals surface area contributed by atoms with E-state index in [1.807, 2.05) is 0 Å². The van der Waals surface area contributed by atoms with Crippen LogP contribution in [0.2, 0.25) is 0 Å². The summed E-state index contributed by atoms with van der Waals surface area (Å²) in [5.41, 5.74) is 8.73. The highest BCUT2D eigenvalue weighted by Gasteiger charge is 2.38. The SMILES string of the molecule is COC(C)(C)c1ccccc1C1(CN)CCCC1. The quantitative estimate of drug-likeness (QED) is 0.885. The van der Waals surface area contributed by atoms with Crippen molar-refractivity contribution < 1.29 is 4.74 Å². The smallest absolute Gasteiger partial charge is 0.0874 e. The van der Waals surface area contributed by atoms with Gasteiger partial charge in [-0.3, -0.25) is 0 Å². The minimum Gasteiger partial charge on any atom is -0.374 e. The normalized spacial score (nSPS) is 19.1. The van der Waals surface area contributed by atoms with Gasteiger partial charge in [0, 0.05) is 19.1 Å². The summed E-state index contributed by atoms with van der Waals surface area (Å²) in [6.07, 6.45) is 5.00. The number of rotatable bonds is 4. The lowest BCUT2D eigenvalue weighted by molar-refractivity contribution is 0.0175. The van der Waals surface area contributed by atoms with Gasteiger partial charge in [0.15, 0.2) is 0 Å². The second kappa shape index (κ2) is 5.02. The highest BCUT2D eigenvalue weighted by Crippen LogP contribution is 2.44. The van der Waals surface area contributed by atoms with Crippen molar-refractivity contribution in [3.8, 4) is 0 Å². The van der Waals surface area contributed by atoms with Crippen molar-refractivity contribution in [3.05, 3.63) is 35.4 Å². The Morgan fingerprint density at radius 2 is 1.83 bits per heavy atom. The van der Waals surface area contributed by atoms with Crippen LogP contribution in [0.4, 0.5) is 0 Å². The lowest BCUT2D eigenvalue weighted by Gasteiger charge is -2.35. The number of hydrogen-bond acceptors (Lipinski definition) is 2. The molecule has 0 amide bonds. The molecule has 0 radical (unpaired) electrons. The van der Waals surface area contributed by atoms with E-state index in [0.29, 0.717) is 0 Å². The molecule has 0 aliphatic heterocycles. The molecular formula is C16H25NO. The molecule has 0 spiro atoms. The molecule has 0 saturated heterocycles. The third kappa shape index (κ3) is 2.19. The first-order valence-corrected chi connectivity index (χ1v) is 6.91. The zero-order valence-corrected chi connectivity index (χ0v) is 11.8. The van der Waals surface area contributed by atoms with Crippen LogP contribution in [-0.4, -0.2) is 13.7 Å². The molecule has 1 aliphatic rings. The molecule has 2 heteroatoms. The fourth-order valence-electron chi connectivity index (χ4n) is 3.22. The Bertz CT molecular complexity index is 405. The first-order chi connectivity index (χ1) is 8.56. The van der Waals surface area contributed by atoms with Crippen molar-refractivity contribution in [2.24, 2.45) is 5.73 Å². The lowest BCUT2D eigenvalue weighted by Crippen LogP contribution is -2.35. The van der Waals surface area contributed by atoms with Crippen LogP contribution in [-0.2, 0) is 15.8 Å². The van der Waals surface area contributed by atoms with Crippen molar-refractivity contribution in [1.29, 1.82) is 0 Å². The number of nitrogens with two attached hydrogens (primary N) is 1. The van der Waals surface area contributed by atoms with Gasteiger partial charge in [0.25, 0.3) is 0 Å². The molecule has 2 nitrogen and oxygen atoms in total. The van der Waals surface area contributed by atoms with Crippen LogP contribution in [0.1, 0.15) is 50.7 Å². The van der Waals surface area contributed by atoms with Crippen LogP contribution in [0.3, 0.4) is 0 Å². The van der Waals surface area contributed by atoms with Crippen molar-refractivity contribution in [1.82, 2.24) is 0 Å². The standard InChI is InChI=1S/C16H25NO/c1-15(2,18-3)13-8-4-5-9-14(13)16(12-17)10-6-7-11-16/h4-5,8-9H,6-7,10-12,17H2,1-3H3.